The highest BCUT2D eigenvalue weighted by molar-refractivity contribution is 5.96. The van der Waals surface area contributed by atoms with E-state index < -0.39 is 5.60 Å². The molecule has 0 aliphatic heterocycles. The molecule has 0 radical (unpaired) electrons. The molecule has 2 rings (SSSR count). The third-order valence-electron chi connectivity index (χ3n) is 3.39. The van der Waals surface area contributed by atoms with E-state index in [0.717, 1.165) is 5.69 Å². The van der Waals surface area contributed by atoms with E-state index in [1.165, 1.54) is 6.26 Å². The molecule has 2 aromatic heterocycles. The van der Waals surface area contributed by atoms with Crippen LogP contribution >= 0.6 is 0 Å². The Morgan fingerprint density at radius 3 is 2.86 bits per heavy atom. The summed E-state index contributed by atoms with van der Waals surface area (Å²) in [6.07, 6.45) is 1.49. The van der Waals surface area contributed by atoms with Crippen molar-refractivity contribution in [1.29, 1.82) is 0 Å². The zero-order chi connectivity index (χ0) is 15.6. The highest BCUT2D eigenvalue weighted by Gasteiger charge is 2.28. The Labute approximate surface area is 123 Å². The summed E-state index contributed by atoms with van der Waals surface area (Å²) in [7, 11) is 0. The second kappa shape index (κ2) is 5.73. The number of aryl methyl sites for hydroxylation is 1. The molecular formula is C15H21N3O3. The molecule has 114 valence electrons. The number of aromatic amines is 1. The Balaban J connectivity index is 2.11. The summed E-state index contributed by atoms with van der Waals surface area (Å²) >= 11 is 0. The zero-order valence-electron chi connectivity index (χ0n) is 12.7. The Morgan fingerprint density at radius 2 is 2.29 bits per heavy atom. The summed E-state index contributed by atoms with van der Waals surface area (Å²) in [6, 6.07) is 3.37. The number of aromatic nitrogens is 2. The fourth-order valence-corrected chi connectivity index (χ4v) is 2.17. The minimum Gasteiger partial charge on any atom is -0.466 e. The van der Waals surface area contributed by atoms with E-state index in [-0.39, 0.29) is 18.4 Å². The van der Waals surface area contributed by atoms with Gasteiger partial charge < -0.3 is 14.8 Å². The normalized spacial score (nSPS) is 14.2. The minimum atomic E-state index is -1.26. The monoisotopic (exact) mass is 291 g/mol. The number of carbonyl (C=O) groups excluding carboxylic acids is 1. The van der Waals surface area contributed by atoms with Crippen molar-refractivity contribution in [2.45, 2.75) is 39.2 Å². The first kappa shape index (κ1) is 15.3. The molecule has 0 aliphatic rings. The molecule has 0 saturated heterocycles. The minimum absolute atomic E-state index is 0.0570. The summed E-state index contributed by atoms with van der Waals surface area (Å²) in [5.74, 6) is 0.300. The van der Waals surface area contributed by atoms with Gasteiger partial charge in [-0.3, -0.25) is 9.89 Å². The molecule has 21 heavy (non-hydrogen) atoms. The zero-order valence-corrected chi connectivity index (χ0v) is 12.7. The van der Waals surface area contributed by atoms with Crippen LogP contribution in [-0.4, -0.2) is 27.8 Å². The largest absolute Gasteiger partial charge is 0.466 e. The Morgan fingerprint density at radius 1 is 1.57 bits per heavy atom. The maximum absolute atomic E-state index is 12.4. The first-order chi connectivity index (χ1) is 9.83. The van der Waals surface area contributed by atoms with Gasteiger partial charge in [0.05, 0.1) is 24.1 Å². The van der Waals surface area contributed by atoms with Gasteiger partial charge in [-0.2, -0.15) is 5.10 Å². The van der Waals surface area contributed by atoms with E-state index >= 15 is 0 Å². The number of carbonyl (C=O) groups is 1. The lowest BCUT2D eigenvalue weighted by atomic mass is 10.0. The molecule has 0 aliphatic carbocycles. The van der Waals surface area contributed by atoms with Crippen LogP contribution < -0.4 is 5.32 Å². The van der Waals surface area contributed by atoms with Crippen LogP contribution in [0.4, 0.5) is 0 Å². The quantitative estimate of drug-likeness (QED) is 0.786. The molecule has 3 N–H and O–H groups in total. The molecule has 0 saturated carbocycles. The van der Waals surface area contributed by atoms with E-state index in [4.69, 9.17) is 4.42 Å². The third-order valence-corrected chi connectivity index (χ3v) is 3.39. The van der Waals surface area contributed by atoms with Crippen LogP contribution in [0.5, 0.6) is 0 Å². The van der Waals surface area contributed by atoms with Crippen molar-refractivity contribution in [1.82, 2.24) is 15.5 Å². The number of nitrogens with one attached hydrogen (secondary N) is 2. The van der Waals surface area contributed by atoms with Crippen LogP contribution in [0, 0.1) is 6.92 Å². The Hall–Kier alpha value is -2.08. The standard InChI is InChI=1S/C15H21N3O3/c1-9(2)13-12(10(3)17-18-13)14(19)16-8-15(4,20)11-6-5-7-21-11/h5-7,9,20H,8H2,1-4H3,(H,16,19)(H,17,18). The van der Waals surface area contributed by atoms with Gasteiger partial charge >= 0.3 is 0 Å². The number of furan rings is 1. The van der Waals surface area contributed by atoms with Crippen molar-refractivity contribution in [3.63, 3.8) is 0 Å². The van der Waals surface area contributed by atoms with Gasteiger partial charge in [0, 0.05) is 5.69 Å². The van der Waals surface area contributed by atoms with Crippen molar-refractivity contribution < 1.29 is 14.3 Å². The third kappa shape index (κ3) is 3.16. The number of H-pyrrole nitrogens is 1. The predicted molar refractivity (Wildman–Crippen MR) is 78.0 cm³/mol. The van der Waals surface area contributed by atoms with Crippen molar-refractivity contribution >= 4 is 5.91 Å². The van der Waals surface area contributed by atoms with Crippen molar-refractivity contribution in [2.24, 2.45) is 0 Å². The fraction of sp³-hybridized carbons (Fsp3) is 0.467. The number of aliphatic hydroxyl groups is 1. The predicted octanol–water partition coefficient (Wildman–Crippen LogP) is 2.07. The smallest absolute Gasteiger partial charge is 0.255 e. The molecule has 0 fully saturated rings. The average Bonchev–Trinajstić information content (AvgIpc) is 3.05. The van der Waals surface area contributed by atoms with Crippen LogP contribution in [0.1, 0.15) is 54.2 Å². The summed E-state index contributed by atoms with van der Waals surface area (Å²) in [4.78, 5) is 12.4. The highest BCUT2D eigenvalue weighted by Crippen LogP contribution is 2.22. The molecule has 0 spiro atoms. The van der Waals surface area contributed by atoms with Crippen LogP contribution in [0.25, 0.3) is 0 Å². The average molecular weight is 291 g/mol. The van der Waals surface area contributed by atoms with E-state index in [1.807, 2.05) is 13.8 Å². The molecule has 2 heterocycles. The maximum Gasteiger partial charge on any atom is 0.255 e. The number of hydrogen-bond donors (Lipinski definition) is 3. The van der Waals surface area contributed by atoms with E-state index in [0.29, 0.717) is 17.0 Å². The molecule has 6 heteroatoms. The van der Waals surface area contributed by atoms with Gasteiger partial charge in [0.25, 0.3) is 5.91 Å². The summed E-state index contributed by atoms with van der Waals surface area (Å²) in [6.45, 7) is 7.41. The Bertz CT molecular complexity index is 612. The van der Waals surface area contributed by atoms with Crippen LogP contribution in [-0.2, 0) is 5.60 Å². The van der Waals surface area contributed by atoms with E-state index in [2.05, 4.69) is 15.5 Å². The van der Waals surface area contributed by atoms with E-state index in [9.17, 15) is 9.90 Å². The van der Waals surface area contributed by atoms with Gasteiger partial charge in [0.15, 0.2) is 0 Å². The molecule has 0 aromatic carbocycles. The van der Waals surface area contributed by atoms with Gasteiger partial charge in [-0.25, -0.2) is 0 Å². The molecule has 0 bridgehead atoms. The van der Waals surface area contributed by atoms with Gasteiger partial charge in [-0.05, 0) is 31.9 Å². The van der Waals surface area contributed by atoms with Gasteiger partial charge in [0.2, 0.25) is 0 Å². The van der Waals surface area contributed by atoms with E-state index in [1.54, 1.807) is 26.0 Å². The van der Waals surface area contributed by atoms with Gasteiger partial charge in [-0.1, -0.05) is 13.8 Å². The molecule has 1 unspecified atom stereocenters. The topological polar surface area (TPSA) is 91.2 Å². The lowest BCUT2D eigenvalue weighted by molar-refractivity contribution is 0.0330. The number of hydrogen-bond acceptors (Lipinski definition) is 4. The number of nitrogens with zero attached hydrogens (tertiary/aromatic N) is 1. The summed E-state index contributed by atoms with van der Waals surface area (Å²) in [5.41, 5.74) is 0.728. The lowest BCUT2D eigenvalue weighted by Crippen LogP contribution is -2.38. The maximum atomic E-state index is 12.4. The fourth-order valence-electron chi connectivity index (χ4n) is 2.17. The second-order valence-electron chi connectivity index (χ2n) is 5.70. The van der Waals surface area contributed by atoms with Crippen molar-refractivity contribution in [3.8, 4) is 0 Å². The summed E-state index contributed by atoms with van der Waals surface area (Å²) < 4.78 is 5.19. The van der Waals surface area contributed by atoms with Gasteiger partial charge in [-0.15, -0.1) is 0 Å². The highest BCUT2D eigenvalue weighted by atomic mass is 16.4. The molecular weight excluding hydrogens is 270 g/mol. The van der Waals surface area contributed by atoms with Gasteiger partial charge in [0.1, 0.15) is 11.4 Å². The number of amides is 1. The number of rotatable bonds is 5. The first-order valence-electron chi connectivity index (χ1n) is 6.92. The molecule has 2 aromatic rings. The molecule has 1 atom stereocenters. The summed E-state index contributed by atoms with van der Waals surface area (Å²) in [5, 5.41) is 20.1. The van der Waals surface area contributed by atoms with Crippen LogP contribution in [0.3, 0.4) is 0 Å². The molecule has 1 amide bonds. The van der Waals surface area contributed by atoms with Crippen molar-refractivity contribution in [3.05, 3.63) is 41.1 Å². The van der Waals surface area contributed by atoms with Crippen LogP contribution in [0.2, 0.25) is 0 Å². The van der Waals surface area contributed by atoms with Crippen LogP contribution in [0.15, 0.2) is 22.8 Å². The first-order valence-corrected chi connectivity index (χ1v) is 6.92. The van der Waals surface area contributed by atoms with Crippen molar-refractivity contribution in [2.75, 3.05) is 6.54 Å². The molecule has 6 nitrogen and oxygen atoms in total. The Kier molecular flexibility index (Phi) is 4.18. The second-order valence-corrected chi connectivity index (χ2v) is 5.70. The lowest BCUT2D eigenvalue weighted by Gasteiger charge is -2.21. The SMILES string of the molecule is Cc1[nH]nc(C(C)C)c1C(=O)NCC(C)(O)c1ccco1.